The number of fused-ring (bicyclic) bond motifs is 1. The number of hydrogen-bond acceptors (Lipinski definition) is 6. The van der Waals surface area contributed by atoms with Crippen molar-refractivity contribution < 1.29 is 9.84 Å². The Kier molecular flexibility index (Phi) is 4.73. The Labute approximate surface area is 164 Å². The van der Waals surface area contributed by atoms with Crippen molar-refractivity contribution in [3.05, 3.63) is 59.5 Å². The van der Waals surface area contributed by atoms with Crippen molar-refractivity contribution in [2.24, 2.45) is 0 Å². The summed E-state index contributed by atoms with van der Waals surface area (Å²) in [5.74, 6) is 1.29. The average Bonchev–Trinajstić information content (AvgIpc) is 3.07. The second kappa shape index (κ2) is 7.20. The summed E-state index contributed by atoms with van der Waals surface area (Å²) >= 11 is 0. The van der Waals surface area contributed by atoms with Gasteiger partial charge in [-0.2, -0.15) is 0 Å². The molecule has 3 aromatic rings. The van der Waals surface area contributed by atoms with Gasteiger partial charge in [-0.1, -0.05) is 13.0 Å². The van der Waals surface area contributed by atoms with E-state index in [0.717, 1.165) is 52.4 Å². The van der Waals surface area contributed by atoms with Crippen molar-refractivity contribution >= 4 is 11.6 Å². The minimum Gasteiger partial charge on any atom is -0.497 e. The first-order valence-electron chi connectivity index (χ1n) is 9.38. The van der Waals surface area contributed by atoms with Crippen LogP contribution >= 0.6 is 0 Å². The fourth-order valence-electron chi connectivity index (χ4n) is 3.61. The lowest BCUT2D eigenvalue weighted by Gasteiger charge is -2.22. The van der Waals surface area contributed by atoms with Crippen molar-refractivity contribution in [2.75, 3.05) is 19.0 Å². The quantitative estimate of drug-likeness (QED) is 0.705. The Morgan fingerprint density at radius 3 is 2.86 bits per heavy atom. The van der Waals surface area contributed by atoms with Crippen LogP contribution in [0.15, 0.2) is 42.7 Å². The molecule has 6 heteroatoms. The molecule has 1 unspecified atom stereocenters. The van der Waals surface area contributed by atoms with Crippen molar-refractivity contribution in [1.82, 2.24) is 15.0 Å². The molecule has 0 saturated heterocycles. The number of aromatic nitrogens is 3. The molecule has 0 fully saturated rings. The third-order valence-corrected chi connectivity index (χ3v) is 5.53. The van der Waals surface area contributed by atoms with Crippen molar-refractivity contribution in [2.45, 2.75) is 32.1 Å². The van der Waals surface area contributed by atoms with Gasteiger partial charge >= 0.3 is 0 Å². The van der Waals surface area contributed by atoms with Gasteiger partial charge in [0.25, 0.3) is 0 Å². The number of pyridine rings is 1. The van der Waals surface area contributed by atoms with Gasteiger partial charge in [0, 0.05) is 40.8 Å². The summed E-state index contributed by atoms with van der Waals surface area (Å²) in [6, 6.07) is 9.82. The van der Waals surface area contributed by atoms with E-state index in [4.69, 9.17) is 4.74 Å². The summed E-state index contributed by atoms with van der Waals surface area (Å²) in [6.07, 6.45) is 5.41. The Morgan fingerprint density at radius 1 is 1.21 bits per heavy atom. The first-order chi connectivity index (χ1) is 13.5. The number of aliphatic hydroxyl groups excluding tert-OH is 1. The second-order valence-electron chi connectivity index (χ2n) is 7.51. The van der Waals surface area contributed by atoms with Crippen LogP contribution in [0.3, 0.4) is 0 Å². The molecule has 144 valence electrons. The van der Waals surface area contributed by atoms with E-state index in [-0.39, 0.29) is 12.0 Å². The number of nitrogens with zero attached hydrogens (tertiary/aromatic N) is 3. The van der Waals surface area contributed by atoms with Crippen LogP contribution in [0.4, 0.5) is 11.6 Å². The van der Waals surface area contributed by atoms with Crippen LogP contribution in [0.1, 0.15) is 30.2 Å². The SMILES string of the molecule is COc1ccc(C)c(Nc2nccc(-c3cnc4c(c3)C(C)(CO)CC4)n2)c1. The van der Waals surface area contributed by atoms with Gasteiger partial charge in [-0.15, -0.1) is 0 Å². The molecule has 0 spiro atoms. The van der Waals surface area contributed by atoms with Gasteiger partial charge in [-0.05, 0) is 49.1 Å². The molecule has 2 aromatic heterocycles. The van der Waals surface area contributed by atoms with Gasteiger partial charge in [0.05, 0.1) is 19.4 Å². The fourth-order valence-corrected chi connectivity index (χ4v) is 3.61. The van der Waals surface area contributed by atoms with E-state index < -0.39 is 0 Å². The number of aliphatic hydroxyl groups is 1. The third-order valence-electron chi connectivity index (χ3n) is 5.53. The number of benzene rings is 1. The fraction of sp³-hybridized carbons (Fsp3) is 0.318. The number of anilines is 2. The molecule has 2 N–H and O–H groups in total. The Balaban J connectivity index is 1.66. The molecule has 0 bridgehead atoms. The monoisotopic (exact) mass is 376 g/mol. The normalized spacial score (nSPS) is 18.0. The topological polar surface area (TPSA) is 80.2 Å². The number of hydrogen-bond donors (Lipinski definition) is 2. The minimum atomic E-state index is -0.232. The van der Waals surface area contributed by atoms with Gasteiger partial charge in [-0.25, -0.2) is 9.97 Å². The molecule has 28 heavy (non-hydrogen) atoms. The zero-order valence-corrected chi connectivity index (χ0v) is 16.4. The van der Waals surface area contributed by atoms with E-state index in [0.29, 0.717) is 5.95 Å². The number of aryl methyl sites for hydroxylation is 2. The van der Waals surface area contributed by atoms with Gasteiger partial charge in [-0.3, -0.25) is 4.98 Å². The zero-order chi connectivity index (χ0) is 19.7. The van der Waals surface area contributed by atoms with Crippen molar-refractivity contribution in [3.8, 4) is 17.0 Å². The Hall–Kier alpha value is -2.99. The number of rotatable bonds is 5. The maximum Gasteiger partial charge on any atom is 0.227 e. The number of nitrogens with one attached hydrogen (secondary N) is 1. The molecular formula is C22H24N4O2. The maximum absolute atomic E-state index is 9.84. The van der Waals surface area contributed by atoms with E-state index in [2.05, 4.69) is 33.3 Å². The van der Waals surface area contributed by atoms with Crippen molar-refractivity contribution in [1.29, 1.82) is 0 Å². The van der Waals surface area contributed by atoms with Gasteiger partial charge < -0.3 is 15.2 Å². The standard InChI is InChI=1S/C22H24N4O2/c1-14-4-5-16(28-3)11-20(14)26-21-23-9-7-18(25-21)15-10-17-19(24-12-15)6-8-22(17,2)13-27/h4-5,7,9-12,27H,6,8,13H2,1-3H3,(H,23,25,26). The molecule has 0 saturated carbocycles. The lowest BCUT2D eigenvalue weighted by molar-refractivity contribution is 0.206. The van der Waals surface area contributed by atoms with Crippen LogP contribution < -0.4 is 10.1 Å². The molecule has 0 amide bonds. The predicted octanol–water partition coefficient (Wildman–Crippen LogP) is 3.80. The molecule has 0 radical (unpaired) electrons. The summed E-state index contributed by atoms with van der Waals surface area (Å²) in [7, 11) is 1.65. The summed E-state index contributed by atoms with van der Waals surface area (Å²) in [5.41, 5.74) is 5.64. The molecule has 1 aliphatic carbocycles. The molecule has 6 nitrogen and oxygen atoms in total. The highest BCUT2D eigenvalue weighted by Gasteiger charge is 2.34. The van der Waals surface area contributed by atoms with Crippen LogP contribution in [-0.2, 0) is 11.8 Å². The van der Waals surface area contributed by atoms with Crippen LogP contribution in [0.5, 0.6) is 5.75 Å². The highest BCUT2D eigenvalue weighted by Crippen LogP contribution is 2.39. The Morgan fingerprint density at radius 2 is 2.07 bits per heavy atom. The largest absolute Gasteiger partial charge is 0.497 e. The van der Waals surface area contributed by atoms with E-state index in [1.54, 1.807) is 13.3 Å². The maximum atomic E-state index is 9.84. The lowest BCUT2D eigenvalue weighted by Crippen LogP contribution is -2.23. The number of methoxy groups -OCH3 is 1. The van der Waals surface area contributed by atoms with Crippen molar-refractivity contribution in [3.63, 3.8) is 0 Å². The van der Waals surface area contributed by atoms with Crippen LogP contribution in [0.25, 0.3) is 11.3 Å². The molecule has 1 aromatic carbocycles. The van der Waals surface area contributed by atoms with Crippen LogP contribution in [-0.4, -0.2) is 33.8 Å². The molecule has 4 rings (SSSR count). The van der Waals surface area contributed by atoms with E-state index in [9.17, 15) is 5.11 Å². The highest BCUT2D eigenvalue weighted by atomic mass is 16.5. The number of ether oxygens (including phenoxy) is 1. The summed E-state index contributed by atoms with van der Waals surface area (Å²) < 4.78 is 5.30. The molecule has 1 atom stereocenters. The average molecular weight is 376 g/mol. The summed E-state index contributed by atoms with van der Waals surface area (Å²) in [4.78, 5) is 13.6. The molecular weight excluding hydrogens is 352 g/mol. The van der Waals surface area contributed by atoms with Gasteiger partial charge in [0.1, 0.15) is 5.75 Å². The highest BCUT2D eigenvalue weighted by molar-refractivity contribution is 5.65. The second-order valence-corrected chi connectivity index (χ2v) is 7.51. The van der Waals surface area contributed by atoms with Gasteiger partial charge in [0.15, 0.2) is 0 Å². The molecule has 2 heterocycles. The van der Waals surface area contributed by atoms with Crippen LogP contribution in [0, 0.1) is 6.92 Å². The zero-order valence-electron chi connectivity index (χ0n) is 16.4. The minimum absolute atomic E-state index is 0.122. The van der Waals surface area contributed by atoms with Crippen LogP contribution in [0.2, 0.25) is 0 Å². The van der Waals surface area contributed by atoms with Gasteiger partial charge in [0.2, 0.25) is 5.95 Å². The molecule has 0 aliphatic heterocycles. The lowest BCUT2D eigenvalue weighted by atomic mass is 9.85. The first-order valence-corrected chi connectivity index (χ1v) is 9.38. The smallest absolute Gasteiger partial charge is 0.227 e. The third kappa shape index (κ3) is 3.31. The Bertz CT molecular complexity index is 1020. The van der Waals surface area contributed by atoms with E-state index in [1.807, 2.05) is 37.4 Å². The summed E-state index contributed by atoms with van der Waals surface area (Å²) in [5, 5.41) is 13.1. The first kappa shape index (κ1) is 18.4. The molecule has 1 aliphatic rings. The van der Waals surface area contributed by atoms with E-state index >= 15 is 0 Å². The predicted molar refractivity (Wildman–Crippen MR) is 109 cm³/mol. The summed E-state index contributed by atoms with van der Waals surface area (Å²) in [6.45, 7) is 4.23. The van der Waals surface area contributed by atoms with E-state index in [1.165, 1.54) is 0 Å².